The average Bonchev–Trinajstić information content (AvgIpc) is 2.76. The number of ketones is 1. The van der Waals surface area contributed by atoms with Gasteiger partial charge in [0.25, 0.3) is 5.56 Å². The number of benzene rings is 2. The van der Waals surface area contributed by atoms with Gasteiger partial charge in [-0.3, -0.25) is 18.7 Å². The minimum Gasteiger partial charge on any atom is -0.454 e. The number of anilines is 1. The highest BCUT2D eigenvalue weighted by Gasteiger charge is 2.23. The summed E-state index contributed by atoms with van der Waals surface area (Å²) in [6, 6.07) is 11.1. The van der Waals surface area contributed by atoms with Crippen molar-refractivity contribution in [1.82, 2.24) is 9.13 Å². The summed E-state index contributed by atoms with van der Waals surface area (Å²) in [5.41, 5.74) is 4.16. The maximum Gasteiger partial charge on any atom is 0.338 e. The highest BCUT2D eigenvalue weighted by atomic mass is 19.2. The number of esters is 1. The molecular formula is C21H17F2N3O5. The van der Waals surface area contributed by atoms with Crippen molar-refractivity contribution >= 4 is 17.6 Å². The Morgan fingerprint density at radius 2 is 1.71 bits per heavy atom. The summed E-state index contributed by atoms with van der Waals surface area (Å²) >= 11 is 0. The lowest BCUT2D eigenvalue weighted by molar-refractivity contribution is 0.0473. The molecule has 160 valence electrons. The van der Waals surface area contributed by atoms with E-state index in [4.69, 9.17) is 10.5 Å². The SMILES string of the molecule is Cn1c(=O)c(C(=O)COC(=O)c2ccc(F)c(F)c2)c(N)n(Cc2ccccc2)c1=O. The molecule has 3 aromatic rings. The predicted molar refractivity (Wildman–Crippen MR) is 107 cm³/mol. The fraction of sp³-hybridized carbons (Fsp3) is 0.143. The number of Topliss-reactive ketones (excluding diaryl/α,β-unsaturated/α-hetero) is 1. The molecule has 0 aliphatic rings. The van der Waals surface area contributed by atoms with Gasteiger partial charge < -0.3 is 10.5 Å². The molecule has 0 aliphatic carbocycles. The Kier molecular flexibility index (Phi) is 6.10. The van der Waals surface area contributed by atoms with Crippen LogP contribution in [0.4, 0.5) is 14.6 Å². The lowest BCUT2D eigenvalue weighted by Crippen LogP contribution is -2.43. The van der Waals surface area contributed by atoms with Gasteiger partial charge in [-0.05, 0) is 23.8 Å². The summed E-state index contributed by atoms with van der Waals surface area (Å²) in [7, 11) is 1.19. The molecule has 1 aromatic heterocycles. The van der Waals surface area contributed by atoms with Crippen LogP contribution in [0.5, 0.6) is 0 Å². The van der Waals surface area contributed by atoms with Gasteiger partial charge in [0.05, 0.1) is 12.1 Å². The highest BCUT2D eigenvalue weighted by Crippen LogP contribution is 2.12. The maximum atomic E-state index is 13.3. The zero-order chi connectivity index (χ0) is 22.7. The third-order valence-electron chi connectivity index (χ3n) is 4.54. The van der Waals surface area contributed by atoms with Gasteiger partial charge in [0.15, 0.2) is 18.2 Å². The summed E-state index contributed by atoms with van der Waals surface area (Å²) in [5, 5.41) is 0. The first-order chi connectivity index (χ1) is 14.7. The van der Waals surface area contributed by atoms with Crippen molar-refractivity contribution in [2.24, 2.45) is 7.05 Å². The van der Waals surface area contributed by atoms with Crippen LogP contribution in [0.1, 0.15) is 26.3 Å². The van der Waals surface area contributed by atoms with E-state index >= 15 is 0 Å². The number of ether oxygens (including phenoxy) is 1. The Balaban J connectivity index is 1.88. The normalized spacial score (nSPS) is 10.7. The lowest BCUT2D eigenvalue weighted by atomic mass is 10.1. The molecular weight excluding hydrogens is 412 g/mol. The van der Waals surface area contributed by atoms with E-state index in [-0.39, 0.29) is 17.9 Å². The molecule has 0 spiro atoms. The monoisotopic (exact) mass is 429 g/mol. The Bertz CT molecular complexity index is 1280. The van der Waals surface area contributed by atoms with E-state index in [1.165, 1.54) is 7.05 Å². The second-order valence-corrected chi connectivity index (χ2v) is 6.61. The number of carbonyl (C=O) groups excluding carboxylic acids is 2. The van der Waals surface area contributed by atoms with Crippen LogP contribution in [0.2, 0.25) is 0 Å². The van der Waals surface area contributed by atoms with E-state index in [0.717, 1.165) is 21.3 Å². The quantitative estimate of drug-likeness (QED) is 0.469. The van der Waals surface area contributed by atoms with E-state index in [1.54, 1.807) is 30.3 Å². The molecule has 2 aromatic carbocycles. The summed E-state index contributed by atoms with van der Waals surface area (Å²) < 4.78 is 32.9. The van der Waals surface area contributed by atoms with Crippen molar-refractivity contribution in [2.45, 2.75) is 6.54 Å². The predicted octanol–water partition coefficient (Wildman–Crippen LogP) is 1.50. The van der Waals surface area contributed by atoms with Gasteiger partial charge in [-0.15, -0.1) is 0 Å². The van der Waals surface area contributed by atoms with Gasteiger partial charge in [-0.1, -0.05) is 30.3 Å². The van der Waals surface area contributed by atoms with E-state index < -0.39 is 46.8 Å². The van der Waals surface area contributed by atoms with Crippen LogP contribution in [0, 0.1) is 11.6 Å². The Hall–Kier alpha value is -4.08. The minimum atomic E-state index is -1.26. The average molecular weight is 429 g/mol. The van der Waals surface area contributed by atoms with E-state index in [2.05, 4.69) is 0 Å². The molecule has 1 heterocycles. The topological polar surface area (TPSA) is 113 Å². The van der Waals surface area contributed by atoms with Crippen LogP contribution >= 0.6 is 0 Å². The van der Waals surface area contributed by atoms with Gasteiger partial charge in [0.2, 0.25) is 5.78 Å². The molecule has 8 nitrogen and oxygen atoms in total. The Labute approximate surface area is 174 Å². The smallest absolute Gasteiger partial charge is 0.338 e. The number of halogens is 2. The molecule has 0 saturated carbocycles. The van der Waals surface area contributed by atoms with E-state index in [9.17, 15) is 28.0 Å². The standard InChI is InChI=1S/C21H17F2N3O5/c1-25-19(28)17(18(24)26(21(25)30)10-12-5-3-2-4-6-12)16(27)11-31-20(29)13-7-8-14(22)15(23)9-13/h2-9H,10-11,24H2,1H3. The van der Waals surface area contributed by atoms with Gasteiger partial charge >= 0.3 is 11.7 Å². The van der Waals surface area contributed by atoms with Crippen LogP contribution in [-0.2, 0) is 18.3 Å². The molecule has 0 unspecified atom stereocenters. The largest absolute Gasteiger partial charge is 0.454 e. The number of hydrogen-bond donors (Lipinski definition) is 1. The highest BCUT2D eigenvalue weighted by molar-refractivity contribution is 6.02. The van der Waals surface area contributed by atoms with Gasteiger partial charge in [-0.2, -0.15) is 0 Å². The number of nitrogens with two attached hydrogens (primary N) is 1. The van der Waals surface area contributed by atoms with Gasteiger partial charge in [0.1, 0.15) is 11.4 Å². The van der Waals surface area contributed by atoms with Crippen molar-refractivity contribution in [2.75, 3.05) is 12.3 Å². The summed E-state index contributed by atoms with van der Waals surface area (Å²) in [6.45, 7) is -0.880. The molecule has 0 amide bonds. The van der Waals surface area contributed by atoms with E-state index in [0.29, 0.717) is 11.6 Å². The maximum absolute atomic E-state index is 13.3. The third-order valence-corrected chi connectivity index (χ3v) is 4.54. The molecule has 0 bridgehead atoms. The van der Waals surface area contributed by atoms with Crippen LogP contribution in [0.3, 0.4) is 0 Å². The van der Waals surface area contributed by atoms with Crippen LogP contribution in [-0.4, -0.2) is 27.5 Å². The number of nitrogen functional groups attached to an aromatic ring is 1. The number of carbonyl (C=O) groups is 2. The minimum absolute atomic E-state index is 0.00848. The molecule has 0 atom stereocenters. The van der Waals surface area contributed by atoms with Crippen molar-refractivity contribution in [3.8, 4) is 0 Å². The van der Waals surface area contributed by atoms with Crippen LogP contribution in [0.15, 0.2) is 58.1 Å². The molecule has 0 saturated heterocycles. The van der Waals surface area contributed by atoms with Crippen molar-refractivity contribution in [3.05, 3.63) is 97.7 Å². The van der Waals surface area contributed by atoms with E-state index in [1.807, 2.05) is 0 Å². The molecule has 3 rings (SSSR count). The second kappa shape index (κ2) is 8.74. The first-order valence-corrected chi connectivity index (χ1v) is 8.99. The molecule has 10 heteroatoms. The molecule has 0 aliphatic heterocycles. The summed E-state index contributed by atoms with van der Waals surface area (Å²) in [4.78, 5) is 49.6. The summed E-state index contributed by atoms with van der Waals surface area (Å²) in [6.07, 6.45) is 0. The van der Waals surface area contributed by atoms with Gasteiger partial charge in [0, 0.05) is 7.05 Å². The number of aromatic nitrogens is 2. The Morgan fingerprint density at radius 1 is 1.03 bits per heavy atom. The number of nitrogens with zero attached hydrogens (tertiary/aromatic N) is 2. The van der Waals surface area contributed by atoms with Crippen molar-refractivity contribution in [1.29, 1.82) is 0 Å². The molecule has 0 fully saturated rings. The fourth-order valence-electron chi connectivity index (χ4n) is 2.87. The van der Waals surface area contributed by atoms with Crippen molar-refractivity contribution < 1.29 is 23.1 Å². The van der Waals surface area contributed by atoms with Crippen LogP contribution < -0.4 is 17.0 Å². The molecule has 0 radical (unpaired) electrons. The second-order valence-electron chi connectivity index (χ2n) is 6.61. The number of hydrogen-bond acceptors (Lipinski definition) is 6. The summed E-state index contributed by atoms with van der Waals surface area (Å²) in [5.74, 6) is -4.82. The first kappa shape index (κ1) is 21.6. The Morgan fingerprint density at radius 3 is 2.35 bits per heavy atom. The van der Waals surface area contributed by atoms with Gasteiger partial charge in [-0.25, -0.2) is 18.4 Å². The zero-order valence-electron chi connectivity index (χ0n) is 16.3. The lowest BCUT2D eigenvalue weighted by Gasteiger charge is -2.14. The van der Waals surface area contributed by atoms with Crippen LogP contribution in [0.25, 0.3) is 0 Å². The molecule has 2 N–H and O–H groups in total. The number of rotatable bonds is 6. The first-order valence-electron chi connectivity index (χ1n) is 8.99. The third kappa shape index (κ3) is 4.42. The fourth-order valence-corrected chi connectivity index (χ4v) is 2.87. The van der Waals surface area contributed by atoms with Crippen molar-refractivity contribution in [3.63, 3.8) is 0 Å². The zero-order valence-corrected chi connectivity index (χ0v) is 16.3. The molecule has 31 heavy (non-hydrogen) atoms.